The van der Waals surface area contributed by atoms with E-state index in [1.807, 2.05) is 30.3 Å². The van der Waals surface area contributed by atoms with E-state index in [1.54, 1.807) is 30.3 Å². The van der Waals surface area contributed by atoms with Gasteiger partial charge in [0.15, 0.2) is 0 Å². The first-order valence-corrected chi connectivity index (χ1v) is 12.3. The number of carboxylic acids is 1. The van der Waals surface area contributed by atoms with Gasteiger partial charge in [0.05, 0.1) is 5.56 Å². The Labute approximate surface area is 228 Å². The number of hydrogen-bond acceptors (Lipinski definition) is 3. The summed E-state index contributed by atoms with van der Waals surface area (Å²) in [5.41, 5.74) is 3.74. The molecule has 0 saturated carbocycles. The number of benzene rings is 4. The first-order valence-electron chi connectivity index (χ1n) is 12.3. The van der Waals surface area contributed by atoms with Gasteiger partial charge in [-0.2, -0.15) is 13.2 Å². The predicted octanol–water partition coefficient (Wildman–Crippen LogP) is 6.42. The number of rotatable bonds is 8. The molecule has 40 heavy (non-hydrogen) atoms. The molecule has 0 aliphatic heterocycles. The number of aliphatic carboxylic acids is 1. The zero-order valence-corrected chi connectivity index (χ0v) is 21.3. The van der Waals surface area contributed by atoms with Gasteiger partial charge in [-0.15, -0.1) is 0 Å². The van der Waals surface area contributed by atoms with Gasteiger partial charge in [0.25, 0.3) is 5.91 Å². The van der Waals surface area contributed by atoms with Gasteiger partial charge in [-0.1, -0.05) is 60.7 Å². The summed E-state index contributed by atoms with van der Waals surface area (Å²) >= 11 is 0. The van der Waals surface area contributed by atoms with Crippen LogP contribution in [-0.2, 0) is 22.2 Å². The van der Waals surface area contributed by atoms with Crippen LogP contribution in [0.4, 0.5) is 18.9 Å². The third-order valence-electron chi connectivity index (χ3n) is 6.21. The molecule has 2 amide bonds. The highest BCUT2D eigenvalue weighted by Gasteiger charge is 2.30. The molecule has 0 spiro atoms. The van der Waals surface area contributed by atoms with Crippen LogP contribution in [0.1, 0.15) is 28.4 Å². The fourth-order valence-corrected chi connectivity index (χ4v) is 4.16. The molecule has 0 saturated heterocycles. The Bertz CT molecular complexity index is 1510. The standard InChI is InChI=1S/C31H25F3N2O4/c1-19(37)35-27-4-2-3-25(18-27)23-7-5-20(6-8-23)17-28(30(39)40)36-29(38)24-11-9-21(10-12-24)22-13-15-26(16-14-22)31(32,33)34/h2-16,18,28H,17H2,1H3,(H,35,37)(H,36,38)(H,39,40)/t28-/m0/s1. The second kappa shape index (κ2) is 11.9. The summed E-state index contributed by atoms with van der Waals surface area (Å²) in [6.07, 6.45) is -4.37. The molecule has 4 rings (SSSR count). The van der Waals surface area contributed by atoms with Crippen molar-refractivity contribution in [3.05, 3.63) is 114 Å². The molecule has 9 heteroatoms. The van der Waals surface area contributed by atoms with Crippen LogP contribution in [0.25, 0.3) is 22.3 Å². The minimum atomic E-state index is -4.43. The van der Waals surface area contributed by atoms with Crippen molar-refractivity contribution in [3.8, 4) is 22.3 Å². The SMILES string of the molecule is CC(=O)Nc1cccc(-c2ccc(C[C@H](NC(=O)c3ccc(-c4ccc(C(F)(F)F)cc4)cc3)C(=O)O)cc2)c1. The number of carbonyl (C=O) groups is 3. The maximum Gasteiger partial charge on any atom is 0.416 e. The van der Waals surface area contributed by atoms with Crippen molar-refractivity contribution in [1.29, 1.82) is 0 Å². The maximum atomic E-state index is 12.8. The molecule has 0 unspecified atom stereocenters. The topological polar surface area (TPSA) is 95.5 Å². The van der Waals surface area contributed by atoms with Gasteiger partial charge >= 0.3 is 12.1 Å². The minimum absolute atomic E-state index is 0.0525. The summed E-state index contributed by atoms with van der Waals surface area (Å²) in [6.45, 7) is 1.43. The highest BCUT2D eigenvalue weighted by Crippen LogP contribution is 2.31. The number of carbonyl (C=O) groups excluding carboxylic acids is 2. The van der Waals surface area contributed by atoms with E-state index in [4.69, 9.17) is 0 Å². The van der Waals surface area contributed by atoms with E-state index in [0.717, 1.165) is 23.3 Å². The van der Waals surface area contributed by atoms with Crippen molar-refractivity contribution in [1.82, 2.24) is 5.32 Å². The van der Waals surface area contributed by atoms with Crippen LogP contribution in [0.15, 0.2) is 97.1 Å². The van der Waals surface area contributed by atoms with Crippen molar-refractivity contribution < 1.29 is 32.7 Å². The van der Waals surface area contributed by atoms with Crippen LogP contribution in [0, 0.1) is 0 Å². The molecular weight excluding hydrogens is 521 g/mol. The summed E-state index contributed by atoms with van der Waals surface area (Å²) in [5, 5.41) is 15.0. The van der Waals surface area contributed by atoms with E-state index in [2.05, 4.69) is 10.6 Å². The van der Waals surface area contributed by atoms with Gasteiger partial charge < -0.3 is 15.7 Å². The lowest BCUT2D eigenvalue weighted by Crippen LogP contribution is -2.42. The highest BCUT2D eigenvalue weighted by molar-refractivity contribution is 5.97. The van der Waals surface area contributed by atoms with Crippen LogP contribution >= 0.6 is 0 Å². The first-order chi connectivity index (χ1) is 19.0. The molecule has 0 radical (unpaired) electrons. The monoisotopic (exact) mass is 546 g/mol. The molecule has 0 aliphatic rings. The zero-order valence-electron chi connectivity index (χ0n) is 21.3. The molecule has 3 N–H and O–H groups in total. The fourth-order valence-electron chi connectivity index (χ4n) is 4.16. The smallest absolute Gasteiger partial charge is 0.416 e. The summed E-state index contributed by atoms with van der Waals surface area (Å²) in [4.78, 5) is 36.0. The first kappa shape index (κ1) is 28.1. The minimum Gasteiger partial charge on any atom is -0.480 e. The normalized spacial score (nSPS) is 11.9. The van der Waals surface area contributed by atoms with E-state index < -0.39 is 29.7 Å². The fraction of sp³-hybridized carbons (Fsp3) is 0.129. The number of anilines is 1. The van der Waals surface area contributed by atoms with Crippen LogP contribution in [0.2, 0.25) is 0 Å². The molecular formula is C31H25F3N2O4. The molecule has 1 atom stereocenters. The Morgan fingerprint density at radius 2 is 1.32 bits per heavy atom. The number of amides is 2. The molecule has 0 bridgehead atoms. The molecule has 4 aromatic rings. The van der Waals surface area contributed by atoms with E-state index in [9.17, 15) is 32.7 Å². The summed E-state index contributed by atoms with van der Waals surface area (Å²) in [7, 11) is 0. The Morgan fingerprint density at radius 1 is 0.775 bits per heavy atom. The lowest BCUT2D eigenvalue weighted by atomic mass is 9.99. The number of halogens is 3. The Hall–Kier alpha value is -4.92. The Balaban J connectivity index is 1.41. The average molecular weight is 547 g/mol. The van der Waals surface area contributed by atoms with Crippen molar-refractivity contribution >= 4 is 23.5 Å². The molecule has 0 aliphatic carbocycles. The van der Waals surface area contributed by atoms with E-state index in [1.165, 1.54) is 31.2 Å². The van der Waals surface area contributed by atoms with Crippen LogP contribution in [-0.4, -0.2) is 28.9 Å². The van der Waals surface area contributed by atoms with Crippen molar-refractivity contribution in [2.24, 2.45) is 0 Å². The van der Waals surface area contributed by atoms with Gasteiger partial charge in [-0.05, 0) is 64.2 Å². The zero-order chi connectivity index (χ0) is 28.9. The number of carboxylic acid groups (broad SMARTS) is 1. The lowest BCUT2D eigenvalue weighted by molar-refractivity contribution is -0.139. The van der Waals surface area contributed by atoms with E-state index in [0.29, 0.717) is 22.4 Å². The molecule has 6 nitrogen and oxygen atoms in total. The molecule has 204 valence electrons. The predicted molar refractivity (Wildman–Crippen MR) is 146 cm³/mol. The molecule has 0 aromatic heterocycles. The van der Waals surface area contributed by atoms with E-state index in [-0.39, 0.29) is 17.9 Å². The molecule has 0 heterocycles. The van der Waals surface area contributed by atoms with E-state index >= 15 is 0 Å². The van der Waals surface area contributed by atoms with Crippen LogP contribution in [0.3, 0.4) is 0 Å². The lowest BCUT2D eigenvalue weighted by Gasteiger charge is -2.15. The van der Waals surface area contributed by atoms with Gasteiger partial charge in [0.2, 0.25) is 5.91 Å². The summed E-state index contributed by atoms with van der Waals surface area (Å²) in [5.74, 6) is -1.95. The number of hydrogen-bond donors (Lipinski definition) is 3. The average Bonchev–Trinajstić information content (AvgIpc) is 2.92. The quantitative estimate of drug-likeness (QED) is 0.238. The van der Waals surface area contributed by atoms with Gasteiger partial charge in [-0.3, -0.25) is 9.59 Å². The van der Waals surface area contributed by atoms with Gasteiger partial charge in [0.1, 0.15) is 6.04 Å². The number of alkyl halides is 3. The summed E-state index contributed by atoms with van der Waals surface area (Å²) in [6, 6.07) is 24.2. The largest absolute Gasteiger partial charge is 0.480 e. The number of nitrogens with one attached hydrogen (secondary N) is 2. The molecule has 0 fully saturated rings. The maximum absolute atomic E-state index is 12.8. The van der Waals surface area contributed by atoms with Crippen molar-refractivity contribution in [3.63, 3.8) is 0 Å². The second-order valence-electron chi connectivity index (χ2n) is 9.18. The summed E-state index contributed by atoms with van der Waals surface area (Å²) < 4.78 is 38.4. The van der Waals surface area contributed by atoms with Crippen LogP contribution in [0.5, 0.6) is 0 Å². The third kappa shape index (κ3) is 7.13. The van der Waals surface area contributed by atoms with Crippen molar-refractivity contribution in [2.45, 2.75) is 25.6 Å². The van der Waals surface area contributed by atoms with Gasteiger partial charge in [-0.25, -0.2) is 4.79 Å². The highest BCUT2D eigenvalue weighted by atomic mass is 19.4. The Morgan fingerprint density at radius 3 is 1.88 bits per heavy atom. The molecule has 4 aromatic carbocycles. The van der Waals surface area contributed by atoms with Crippen LogP contribution < -0.4 is 10.6 Å². The van der Waals surface area contributed by atoms with Gasteiger partial charge in [0, 0.05) is 24.6 Å². The Kier molecular flexibility index (Phi) is 8.33. The third-order valence-corrected chi connectivity index (χ3v) is 6.21. The second-order valence-corrected chi connectivity index (χ2v) is 9.18. The van der Waals surface area contributed by atoms with Crippen molar-refractivity contribution in [2.75, 3.05) is 5.32 Å².